The molecular formula is C14H16O8. The van der Waals surface area contributed by atoms with Crippen LogP contribution >= 0.6 is 0 Å². The van der Waals surface area contributed by atoms with Gasteiger partial charge in [-0.3, -0.25) is 9.59 Å². The van der Waals surface area contributed by atoms with Crippen LogP contribution < -0.4 is 0 Å². The molecule has 1 aromatic carbocycles. The summed E-state index contributed by atoms with van der Waals surface area (Å²) in [6.07, 6.45) is 1.02. The van der Waals surface area contributed by atoms with Crippen molar-refractivity contribution in [1.82, 2.24) is 0 Å². The lowest BCUT2D eigenvalue weighted by atomic mass is 10.1. The minimum absolute atomic E-state index is 0.0628. The van der Waals surface area contributed by atoms with Gasteiger partial charge in [0.05, 0.1) is 11.1 Å². The Balaban J connectivity index is 0.000000409. The van der Waals surface area contributed by atoms with Gasteiger partial charge in [-0.25, -0.2) is 9.59 Å². The average Bonchev–Trinajstić information content (AvgIpc) is 2.44. The Hall–Kier alpha value is -2.90. The standard InChI is InChI=1S/C8H6O4.C6H10O4/c9-7(10)5-3-1-2-4-6(5)8(11)12;7-5(8)3-1-2-4-6(9)10/h1-4H,(H,9,10)(H,11,12);1-4H2,(H,7,8)(H,9,10). The highest BCUT2D eigenvalue weighted by atomic mass is 16.4. The van der Waals surface area contributed by atoms with E-state index in [-0.39, 0.29) is 24.0 Å². The molecule has 0 saturated carbocycles. The smallest absolute Gasteiger partial charge is 0.336 e. The molecule has 0 saturated heterocycles. The Morgan fingerprint density at radius 1 is 0.682 bits per heavy atom. The molecule has 4 N–H and O–H groups in total. The van der Waals surface area contributed by atoms with Crippen molar-refractivity contribution in [2.45, 2.75) is 25.7 Å². The van der Waals surface area contributed by atoms with E-state index in [1.54, 1.807) is 0 Å². The van der Waals surface area contributed by atoms with Gasteiger partial charge in [-0.05, 0) is 25.0 Å². The van der Waals surface area contributed by atoms with Gasteiger partial charge < -0.3 is 20.4 Å². The number of hydrogen-bond donors (Lipinski definition) is 4. The summed E-state index contributed by atoms with van der Waals surface area (Å²) in [5.74, 6) is -4.20. The van der Waals surface area contributed by atoms with E-state index in [2.05, 4.69) is 0 Å². The topological polar surface area (TPSA) is 149 Å². The molecule has 1 rings (SSSR count). The van der Waals surface area contributed by atoms with Crippen molar-refractivity contribution in [2.24, 2.45) is 0 Å². The Labute approximate surface area is 125 Å². The summed E-state index contributed by atoms with van der Waals surface area (Å²) >= 11 is 0. The van der Waals surface area contributed by atoms with Gasteiger partial charge in [-0.1, -0.05) is 12.1 Å². The molecule has 0 bridgehead atoms. The number of unbranched alkanes of at least 4 members (excludes halogenated alkanes) is 1. The maximum atomic E-state index is 10.5. The SMILES string of the molecule is O=C(O)CCCCC(=O)O.O=C(O)c1ccccc1C(=O)O. The van der Waals surface area contributed by atoms with E-state index in [1.165, 1.54) is 24.3 Å². The van der Waals surface area contributed by atoms with E-state index in [0.717, 1.165) is 0 Å². The van der Waals surface area contributed by atoms with Gasteiger partial charge in [0.1, 0.15) is 0 Å². The van der Waals surface area contributed by atoms with Crippen LogP contribution in [0.3, 0.4) is 0 Å². The monoisotopic (exact) mass is 312 g/mol. The highest BCUT2D eigenvalue weighted by molar-refractivity contribution is 6.01. The summed E-state index contributed by atoms with van der Waals surface area (Å²) in [6.45, 7) is 0. The molecular weight excluding hydrogens is 296 g/mol. The van der Waals surface area contributed by atoms with Crippen LogP contribution in [0.1, 0.15) is 46.4 Å². The first-order valence-corrected chi connectivity index (χ1v) is 6.25. The third-order valence-electron chi connectivity index (χ3n) is 2.42. The molecule has 1 aromatic rings. The Morgan fingerprint density at radius 2 is 1.00 bits per heavy atom. The summed E-state index contributed by atoms with van der Waals surface area (Å²) in [4.78, 5) is 40.7. The van der Waals surface area contributed by atoms with Gasteiger partial charge in [0.15, 0.2) is 0 Å². The van der Waals surface area contributed by atoms with Crippen molar-refractivity contribution in [2.75, 3.05) is 0 Å². The lowest BCUT2D eigenvalue weighted by molar-refractivity contribution is -0.139. The quantitative estimate of drug-likeness (QED) is 0.557. The largest absolute Gasteiger partial charge is 0.481 e. The third kappa shape index (κ3) is 8.31. The lowest BCUT2D eigenvalue weighted by Gasteiger charge is -1.98. The van der Waals surface area contributed by atoms with Crippen LogP contribution in [0.5, 0.6) is 0 Å². The van der Waals surface area contributed by atoms with Crippen molar-refractivity contribution in [3.05, 3.63) is 35.4 Å². The number of hydrogen-bond acceptors (Lipinski definition) is 4. The maximum absolute atomic E-state index is 10.5. The van der Waals surface area contributed by atoms with Gasteiger partial charge >= 0.3 is 23.9 Å². The highest BCUT2D eigenvalue weighted by Crippen LogP contribution is 2.07. The van der Waals surface area contributed by atoms with Crippen molar-refractivity contribution in [3.8, 4) is 0 Å². The summed E-state index contributed by atoms with van der Waals surface area (Å²) in [5, 5.41) is 33.4. The molecule has 0 aromatic heterocycles. The second-order valence-corrected chi connectivity index (χ2v) is 4.15. The van der Waals surface area contributed by atoms with Gasteiger partial charge in [0.25, 0.3) is 0 Å². The number of aliphatic carboxylic acids is 2. The minimum Gasteiger partial charge on any atom is -0.481 e. The summed E-state index contributed by atoms with van der Waals surface area (Å²) in [6, 6.07) is 5.48. The molecule has 0 radical (unpaired) electrons. The number of benzene rings is 1. The van der Waals surface area contributed by atoms with Gasteiger partial charge in [0.2, 0.25) is 0 Å². The van der Waals surface area contributed by atoms with E-state index in [1.807, 2.05) is 0 Å². The molecule has 120 valence electrons. The normalized spacial score (nSPS) is 9.27. The number of aromatic carboxylic acids is 2. The minimum atomic E-state index is -1.23. The van der Waals surface area contributed by atoms with Gasteiger partial charge in [0, 0.05) is 12.8 Å². The lowest BCUT2D eigenvalue weighted by Crippen LogP contribution is -2.06. The van der Waals surface area contributed by atoms with Crippen LogP contribution in [0.25, 0.3) is 0 Å². The molecule has 8 nitrogen and oxygen atoms in total. The Morgan fingerprint density at radius 3 is 1.23 bits per heavy atom. The zero-order valence-corrected chi connectivity index (χ0v) is 11.6. The Kier molecular flexibility index (Phi) is 8.61. The predicted molar refractivity (Wildman–Crippen MR) is 74.1 cm³/mol. The molecule has 0 aliphatic carbocycles. The number of carboxylic acids is 4. The average molecular weight is 312 g/mol. The van der Waals surface area contributed by atoms with E-state index >= 15 is 0 Å². The van der Waals surface area contributed by atoms with Crippen molar-refractivity contribution >= 4 is 23.9 Å². The molecule has 0 fully saturated rings. The number of carbonyl (C=O) groups is 4. The van der Waals surface area contributed by atoms with Crippen LogP contribution in [0.4, 0.5) is 0 Å². The molecule has 22 heavy (non-hydrogen) atoms. The van der Waals surface area contributed by atoms with Gasteiger partial charge in [-0.2, -0.15) is 0 Å². The fourth-order valence-corrected chi connectivity index (χ4v) is 1.41. The molecule has 0 aliphatic heterocycles. The van der Waals surface area contributed by atoms with E-state index in [9.17, 15) is 19.2 Å². The number of rotatable bonds is 7. The predicted octanol–water partition coefficient (Wildman–Crippen LogP) is 1.80. The molecule has 0 amide bonds. The summed E-state index contributed by atoms with van der Waals surface area (Å²) < 4.78 is 0. The van der Waals surface area contributed by atoms with Gasteiger partial charge in [-0.15, -0.1) is 0 Å². The maximum Gasteiger partial charge on any atom is 0.336 e. The third-order valence-corrected chi connectivity index (χ3v) is 2.42. The van der Waals surface area contributed by atoms with Crippen LogP contribution in [0.15, 0.2) is 24.3 Å². The molecule has 0 unspecified atom stereocenters. The van der Waals surface area contributed by atoms with Crippen LogP contribution in [0, 0.1) is 0 Å². The Bertz CT molecular complexity index is 501. The first-order chi connectivity index (χ1) is 10.3. The first-order valence-electron chi connectivity index (χ1n) is 6.25. The van der Waals surface area contributed by atoms with Crippen molar-refractivity contribution in [3.63, 3.8) is 0 Å². The fourth-order valence-electron chi connectivity index (χ4n) is 1.41. The van der Waals surface area contributed by atoms with Crippen LogP contribution in [-0.4, -0.2) is 44.3 Å². The zero-order valence-electron chi connectivity index (χ0n) is 11.6. The second kappa shape index (κ2) is 9.92. The molecule has 0 aliphatic rings. The molecule has 0 atom stereocenters. The van der Waals surface area contributed by atoms with E-state index in [0.29, 0.717) is 12.8 Å². The van der Waals surface area contributed by atoms with E-state index in [4.69, 9.17) is 20.4 Å². The molecule has 8 heteroatoms. The summed E-state index contributed by atoms with van der Waals surface area (Å²) in [7, 11) is 0. The highest BCUT2D eigenvalue weighted by Gasteiger charge is 2.13. The van der Waals surface area contributed by atoms with Crippen molar-refractivity contribution < 1.29 is 39.6 Å². The van der Waals surface area contributed by atoms with Crippen LogP contribution in [-0.2, 0) is 9.59 Å². The number of carboxylic acid groups (broad SMARTS) is 4. The van der Waals surface area contributed by atoms with E-state index < -0.39 is 23.9 Å². The molecule has 0 heterocycles. The van der Waals surface area contributed by atoms with Crippen molar-refractivity contribution in [1.29, 1.82) is 0 Å². The second-order valence-electron chi connectivity index (χ2n) is 4.15. The van der Waals surface area contributed by atoms with Crippen LogP contribution in [0.2, 0.25) is 0 Å². The first kappa shape index (κ1) is 19.1. The zero-order chi connectivity index (χ0) is 17.1. The summed E-state index contributed by atoms with van der Waals surface area (Å²) in [5.41, 5.74) is -0.380. The molecule has 0 spiro atoms. The fraction of sp³-hybridized carbons (Fsp3) is 0.286.